The van der Waals surface area contributed by atoms with Gasteiger partial charge in [0.05, 0.1) is 6.54 Å². The summed E-state index contributed by atoms with van der Waals surface area (Å²) in [7, 11) is 1.83. The summed E-state index contributed by atoms with van der Waals surface area (Å²) in [5, 5.41) is 16.6. The fraction of sp³-hybridized carbons (Fsp3) is 0.474. The molecule has 1 amide bonds. The summed E-state index contributed by atoms with van der Waals surface area (Å²) in [6, 6.07) is 9.64. The lowest BCUT2D eigenvalue weighted by Crippen LogP contribution is -2.44. The molecule has 1 aliphatic heterocycles. The summed E-state index contributed by atoms with van der Waals surface area (Å²) in [5.74, 6) is 0.900. The van der Waals surface area contributed by atoms with Crippen LogP contribution in [-0.2, 0) is 18.3 Å². The number of aromatic nitrogens is 2. The van der Waals surface area contributed by atoms with E-state index >= 15 is 0 Å². The van der Waals surface area contributed by atoms with E-state index in [1.165, 1.54) is 6.42 Å². The third kappa shape index (κ3) is 5.06. The quantitative estimate of drug-likeness (QED) is 0.846. The average molecular weight is 342 g/mol. The highest BCUT2D eigenvalue weighted by molar-refractivity contribution is 5.91. The highest BCUT2D eigenvalue weighted by atomic mass is 16.3. The number of likely N-dealkylation sites (tertiary alicyclic amines) is 1. The van der Waals surface area contributed by atoms with Gasteiger partial charge in [-0.15, -0.1) is 0 Å². The van der Waals surface area contributed by atoms with Gasteiger partial charge < -0.3 is 10.4 Å². The molecule has 1 atom stereocenters. The van der Waals surface area contributed by atoms with E-state index in [1.54, 1.807) is 16.8 Å². The van der Waals surface area contributed by atoms with Gasteiger partial charge >= 0.3 is 0 Å². The summed E-state index contributed by atoms with van der Waals surface area (Å²) in [6.45, 7) is 1.36. The smallest absolute Gasteiger partial charge is 0.239 e. The van der Waals surface area contributed by atoms with E-state index in [2.05, 4.69) is 15.3 Å². The van der Waals surface area contributed by atoms with Crippen molar-refractivity contribution in [3.05, 3.63) is 42.1 Å². The van der Waals surface area contributed by atoms with Crippen LogP contribution in [0.5, 0.6) is 5.75 Å². The zero-order chi connectivity index (χ0) is 17.6. The number of amides is 1. The fourth-order valence-electron chi connectivity index (χ4n) is 3.49. The largest absolute Gasteiger partial charge is 0.508 e. The van der Waals surface area contributed by atoms with Gasteiger partial charge in [-0.05, 0) is 49.9 Å². The number of hydrogen-bond acceptors (Lipinski definition) is 4. The van der Waals surface area contributed by atoms with Gasteiger partial charge in [0.2, 0.25) is 5.91 Å². The molecule has 0 saturated carbocycles. The van der Waals surface area contributed by atoms with E-state index in [-0.39, 0.29) is 5.91 Å². The highest BCUT2D eigenvalue weighted by Gasteiger charge is 2.24. The van der Waals surface area contributed by atoms with Gasteiger partial charge in [-0.2, -0.15) is 5.10 Å². The van der Waals surface area contributed by atoms with Crippen molar-refractivity contribution in [1.29, 1.82) is 0 Å². The van der Waals surface area contributed by atoms with Crippen LogP contribution < -0.4 is 5.32 Å². The molecule has 6 heteroatoms. The van der Waals surface area contributed by atoms with E-state index in [0.717, 1.165) is 37.8 Å². The molecule has 0 bridgehead atoms. The van der Waals surface area contributed by atoms with Crippen LogP contribution >= 0.6 is 0 Å². The molecular weight excluding hydrogens is 316 g/mol. The van der Waals surface area contributed by atoms with Crippen LogP contribution in [0.1, 0.15) is 31.2 Å². The number of hydrogen-bond donors (Lipinski definition) is 2. The molecule has 0 spiro atoms. The maximum Gasteiger partial charge on any atom is 0.239 e. The standard InChI is InChI=1S/C19H26N4O2/c1-22-12-10-18(21-22)20-19(25)14-23-11-3-2-6-16(23)9-8-15-5-4-7-17(24)13-15/h4-5,7,10,12-13,16,24H,2-3,6,8-9,11,14H2,1H3,(H,20,21,25)/t16-/m1/s1. The van der Waals surface area contributed by atoms with Crippen LogP contribution in [0.4, 0.5) is 5.82 Å². The second-order valence-corrected chi connectivity index (χ2v) is 6.75. The van der Waals surface area contributed by atoms with Crippen molar-refractivity contribution in [3.63, 3.8) is 0 Å². The first-order valence-corrected chi connectivity index (χ1v) is 8.91. The minimum absolute atomic E-state index is 0.0112. The molecule has 0 aliphatic carbocycles. The normalized spacial score (nSPS) is 18.2. The van der Waals surface area contributed by atoms with Gasteiger partial charge in [0, 0.05) is 25.4 Å². The molecule has 2 heterocycles. The molecule has 1 aromatic heterocycles. The van der Waals surface area contributed by atoms with Crippen LogP contribution in [0.25, 0.3) is 0 Å². The number of piperidine rings is 1. The second-order valence-electron chi connectivity index (χ2n) is 6.75. The van der Waals surface area contributed by atoms with E-state index in [0.29, 0.717) is 24.2 Å². The zero-order valence-corrected chi connectivity index (χ0v) is 14.7. The Kier molecular flexibility index (Phi) is 5.71. The Balaban J connectivity index is 1.54. The van der Waals surface area contributed by atoms with Crippen molar-refractivity contribution in [2.24, 2.45) is 7.05 Å². The van der Waals surface area contributed by atoms with E-state index in [1.807, 2.05) is 31.4 Å². The summed E-state index contributed by atoms with van der Waals surface area (Å²) < 4.78 is 1.68. The fourth-order valence-corrected chi connectivity index (χ4v) is 3.49. The predicted molar refractivity (Wildman–Crippen MR) is 97.5 cm³/mol. The molecule has 2 N–H and O–H groups in total. The van der Waals surface area contributed by atoms with Crippen molar-refractivity contribution < 1.29 is 9.90 Å². The van der Waals surface area contributed by atoms with Crippen molar-refractivity contribution in [1.82, 2.24) is 14.7 Å². The van der Waals surface area contributed by atoms with E-state index in [4.69, 9.17) is 0 Å². The number of aryl methyl sites for hydroxylation is 2. The summed E-state index contributed by atoms with van der Waals surface area (Å²) >= 11 is 0. The Bertz CT molecular complexity index is 713. The summed E-state index contributed by atoms with van der Waals surface area (Å²) in [6.07, 6.45) is 7.20. The van der Waals surface area contributed by atoms with Crippen molar-refractivity contribution in [2.75, 3.05) is 18.4 Å². The molecule has 1 aromatic carbocycles. The summed E-state index contributed by atoms with van der Waals surface area (Å²) in [4.78, 5) is 14.6. The SMILES string of the molecule is Cn1ccc(NC(=O)CN2CCCC[C@@H]2CCc2cccc(O)c2)n1. The van der Waals surface area contributed by atoms with Gasteiger partial charge in [0.1, 0.15) is 5.75 Å². The van der Waals surface area contributed by atoms with Crippen LogP contribution in [0.2, 0.25) is 0 Å². The number of phenols is 1. The van der Waals surface area contributed by atoms with Gasteiger partial charge in [-0.1, -0.05) is 18.6 Å². The highest BCUT2D eigenvalue weighted by Crippen LogP contribution is 2.22. The minimum atomic E-state index is -0.0112. The van der Waals surface area contributed by atoms with Crippen molar-refractivity contribution in [3.8, 4) is 5.75 Å². The number of nitrogens with one attached hydrogen (secondary N) is 1. The lowest BCUT2D eigenvalue weighted by molar-refractivity contribution is -0.118. The lowest BCUT2D eigenvalue weighted by atomic mass is 9.95. The lowest BCUT2D eigenvalue weighted by Gasteiger charge is -2.35. The van der Waals surface area contributed by atoms with E-state index in [9.17, 15) is 9.90 Å². The third-order valence-electron chi connectivity index (χ3n) is 4.75. The molecule has 6 nitrogen and oxygen atoms in total. The molecule has 1 saturated heterocycles. The predicted octanol–water partition coefficient (Wildman–Crippen LogP) is 2.55. The topological polar surface area (TPSA) is 70.4 Å². The number of rotatable bonds is 6. The molecule has 134 valence electrons. The number of phenolic OH excluding ortho intramolecular Hbond substituents is 1. The molecule has 25 heavy (non-hydrogen) atoms. The monoisotopic (exact) mass is 342 g/mol. The molecule has 0 unspecified atom stereocenters. The second kappa shape index (κ2) is 8.16. The van der Waals surface area contributed by atoms with Crippen LogP contribution in [-0.4, -0.2) is 44.8 Å². The molecule has 1 aliphatic rings. The van der Waals surface area contributed by atoms with Crippen LogP contribution in [0, 0.1) is 0 Å². The summed E-state index contributed by atoms with van der Waals surface area (Å²) in [5.41, 5.74) is 1.14. The van der Waals surface area contributed by atoms with Gasteiger partial charge in [-0.3, -0.25) is 14.4 Å². The number of aromatic hydroxyl groups is 1. The molecule has 3 rings (SSSR count). The minimum Gasteiger partial charge on any atom is -0.508 e. The van der Waals surface area contributed by atoms with Crippen LogP contribution in [0.3, 0.4) is 0 Å². The third-order valence-corrected chi connectivity index (χ3v) is 4.75. The maximum absolute atomic E-state index is 12.3. The maximum atomic E-state index is 12.3. The number of benzene rings is 1. The van der Waals surface area contributed by atoms with E-state index < -0.39 is 0 Å². The van der Waals surface area contributed by atoms with Gasteiger partial charge in [0.25, 0.3) is 0 Å². The molecular formula is C19H26N4O2. The number of nitrogens with zero attached hydrogens (tertiary/aromatic N) is 3. The first-order valence-electron chi connectivity index (χ1n) is 8.91. The Morgan fingerprint density at radius 1 is 1.36 bits per heavy atom. The average Bonchev–Trinajstić information content (AvgIpc) is 2.99. The Labute approximate surface area is 148 Å². The van der Waals surface area contributed by atoms with Gasteiger partial charge in [0.15, 0.2) is 5.82 Å². The Morgan fingerprint density at radius 3 is 3.00 bits per heavy atom. The number of carbonyl (C=O) groups is 1. The Morgan fingerprint density at radius 2 is 2.24 bits per heavy atom. The zero-order valence-electron chi connectivity index (χ0n) is 14.7. The number of anilines is 1. The first-order chi connectivity index (χ1) is 12.1. The molecule has 2 aromatic rings. The first kappa shape index (κ1) is 17.5. The number of carbonyl (C=O) groups excluding carboxylic acids is 1. The van der Waals surface area contributed by atoms with Crippen molar-refractivity contribution >= 4 is 11.7 Å². The Hall–Kier alpha value is -2.34. The molecule has 1 fully saturated rings. The molecule has 0 radical (unpaired) electrons. The van der Waals surface area contributed by atoms with Gasteiger partial charge in [-0.25, -0.2) is 0 Å². The van der Waals surface area contributed by atoms with Crippen molar-refractivity contribution in [2.45, 2.75) is 38.1 Å². The van der Waals surface area contributed by atoms with Crippen LogP contribution in [0.15, 0.2) is 36.5 Å².